The van der Waals surface area contributed by atoms with Gasteiger partial charge in [-0.3, -0.25) is 38.5 Å². The molecule has 0 bridgehead atoms. The number of piperidine rings is 1. The van der Waals surface area contributed by atoms with Crippen molar-refractivity contribution in [2.45, 2.75) is 317 Å². The van der Waals surface area contributed by atoms with Crippen molar-refractivity contribution >= 4 is 41.5 Å². The van der Waals surface area contributed by atoms with Crippen molar-refractivity contribution in [3.63, 3.8) is 0 Å². The van der Waals surface area contributed by atoms with Crippen LogP contribution in [0.4, 0.5) is 0 Å². The predicted octanol–water partition coefficient (Wildman–Crippen LogP) is 12.5. The summed E-state index contributed by atoms with van der Waals surface area (Å²) in [6.45, 7) is 47.5. The Morgan fingerprint density at radius 1 is 0.522 bits per heavy atom. The molecule has 21 heteroatoms. The van der Waals surface area contributed by atoms with Crippen molar-refractivity contribution < 1.29 is 63.1 Å². The van der Waals surface area contributed by atoms with Gasteiger partial charge in [-0.1, -0.05) is 117 Å². The lowest BCUT2D eigenvalue weighted by Crippen LogP contribution is -2.41. The van der Waals surface area contributed by atoms with Gasteiger partial charge in [-0.05, 0) is 151 Å². The summed E-state index contributed by atoms with van der Waals surface area (Å²) in [6.07, 6.45) is 31.6. The number of aliphatic hydroxyl groups excluding tert-OH is 1. The highest BCUT2D eigenvalue weighted by molar-refractivity contribution is 5.80. The molecule has 92 heavy (non-hydrogen) atoms. The normalized spacial score (nSPS) is 17.0. The number of carbonyl (C=O) groups is 7. The quantitative estimate of drug-likeness (QED) is 0.0540. The van der Waals surface area contributed by atoms with Crippen LogP contribution in [-0.2, 0) is 40.6 Å². The SMILES string of the molecule is CC(C(=O)O)C(C)C(=O)O.CCC(C)C(=O)O.CCC(C)C(N)=O.CCC(C)CN.CCC(C)N.CCC(C)N1CCCC1=O.CCC(C)N1CCCCC1=O.CCC(C)N1CCCCCC1=O.CCC(C)O.CCC(C)[n+]1cc[nH]c1.CCC(C)n1cc[n+](C)c1. The molecule has 0 radical (unpaired) electrons. The van der Waals surface area contributed by atoms with E-state index < -0.39 is 29.7 Å². The Bertz CT molecular complexity index is 2060. The first-order chi connectivity index (χ1) is 43.0. The Balaban J connectivity index is -0.000000223. The summed E-state index contributed by atoms with van der Waals surface area (Å²) in [5.74, 6) is -3.07. The molecule has 542 valence electrons. The fourth-order valence-electron chi connectivity index (χ4n) is 7.26. The monoisotopic (exact) mass is 1310 g/mol. The molecule has 2 aromatic rings. The number of likely N-dealkylation sites (tertiary alicyclic amines) is 3. The number of H-pyrrole nitrogens is 1. The van der Waals surface area contributed by atoms with Gasteiger partial charge in [-0.2, -0.15) is 0 Å². The minimum absolute atomic E-state index is 0.0417. The topological polar surface area (TPSA) is 317 Å². The summed E-state index contributed by atoms with van der Waals surface area (Å²) >= 11 is 0. The molecule has 11 N–H and O–H groups in total. The van der Waals surface area contributed by atoms with Crippen LogP contribution in [0.25, 0.3) is 0 Å². The number of aromatic amines is 1. The van der Waals surface area contributed by atoms with E-state index in [1.54, 1.807) is 13.8 Å². The Morgan fingerprint density at radius 3 is 1.13 bits per heavy atom. The Labute approximate surface area is 560 Å². The Kier molecular flexibility index (Phi) is 65.6. The van der Waals surface area contributed by atoms with Gasteiger partial charge >= 0.3 is 17.9 Å². The fourth-order valence-corrected chi connectivity index (χ4v) is 7.26. The summed E-state index contributed by atoms with van der Waals surface area (Å²) in [4.78, 5) is 83.5. The number of carboxylic acid groups (broad SMARTS) is 3. The van der Waals surface area contributed by atoms with Gasteiger partial charge in [0.2, 0.25) is 36.3 Å². The first kappa shape index (κ1) is 97.7. The highest BCUT2D eigenvalue weighted by atomic mass is 16.4. The van der Waals surface area contributed by atoms with Gasteiger partial charge < -0.3 is 52.3 Å². The first-order valence-electron chi connectivity index (χ1n) is 35.1. The molecule has 2 aromatic heterocycles. The molecule has 12 unspecified atom stereocenters. The number of aliphatic carboxylic acids is 3. The van der Waals surface area contributed by atoms with E-state index in [2.05, 4.69) is 127 Å². The molecule has 3 aliphatic rings. The van der Waals surface area contributed by atoms with Crippen LogP contribution in [0.2, 0.25) is 0 Å². The van der Waals surface area contributed by atoms with Crippen molar-refractivity contribution in [1.82, 2.24) is 24.3 Å². The highest BCUT2D eigenvalue weighted by Gasteiger charge is 2.26. The number of carbonyl (C=O) groups excluding carboxylic acids is 4. The van der Waals surface area contributed by atoms with Crippen LogP contribution in [0.5, 0.6) is 0 Å². The maximum Gasteiger partial charge on any atom is 0.307 e. The number of aliphatic hydroxyl groups is 1. The Morgan fingerprint density at radius 2 is 0.902 bits per heavy atom. The van der Waals surface area contributed by atoms with Crippen LogP contribution in [-0.4, -0.2) is 143 Å². The van der Waals surface area contributed by atoms with Crippen LogP contribution in [0.3, 0.4) is 0 Å². The van der Waals surface area contributed by atoms with E-state index in [0.29, 0.717) is 59.9 Å². The van der Waals surface area contributed by atoms with Crippen LogP contribution in [0.15, 0.2) is 37.4 Å². The number of aromatic nitrogens is 4. The lowest BCUT2D eigenvalue weighted by Gasteiger charge is -2.31. The van der Waals surface area contributed by atoms with E-state index in [9.17, 15) is 33.6 Å². The van der Waals surface area contributed by atoms with Gasteiger partial charge in [0.15, 0.2) is 0 Å². The molecule has 5 rings (SSSR count). The maximum absolute atomic E-state index is 11.5. The first-order valence-corrected chi connectivity index (χ1v) is 35.1. The van der Waals surface area contributed by atoms with Crippen molar-refractivity contribution in [3.8, 4) is 0 Å². The number of hydrogen-bond donors (Lipinski definition) is 8. The third-order valence-electron chi connectivity index (χ3n) is 17.0. The van der Waals surface area contributed by atoms with Gasteiger partial charge in [0, 0.05) is 69.0 Å². The number of imidazole rings is 2. The molecule has 3 saturated heterocycles. The van der Waals surface area contributed by atoms with Gasteiger partial charge in [0.25, 0.3) is 0 Å². The number of nitrogens with two attached hydrogens (primary N) is 3. The van der Waals surface area contributed by atoms with Crippen LogP contribution < -0.4 is 26.3 Å². The minimum atomic E-state index is -1.07. The number of nitrogens with one attached hydrogen (secondary N) is 1. The molecular formula is C71H144N10O11+2. The average molecular weight is 1310 g/mol. The summed E-state index contributed by atoms with van der Waals surface area (Å²) in [6, 6.07) is 2.97. The third-order valence-corrected chi connectivity index (χ3v) is 17.0. The standard InChI is InChI=1S/C10H19NO.C9H17NO.C8H15N2.C8H15NO.C7H12N2.C6H10O4.C5H11NO.C5H13N.C5H10O2.C4H11N.C4H10O/c1-3-9(2)11-8-6-4-5-7-10(11)12;1-3-8(2)10-7-5-4-6-9(10)11;1-4-8(2)10-6-5-9(3)7-10;1-3-7(2)9-6-4-5-8(9)10;1-3-7(2)9-5-4-8-6-9;1-3(5(7)8)4(2)6(9)10;1-3-4(2)5(6)7;1-3-5(2)4-6;1-3-4(2)5(6)7;2*1-3-4(2)5/h9H,3-8H2,1-2H3;8H,3-7H2,1-2H3;5-8H,4H2,1-3H3;7H,3-6H2,1-2H3;4-7H,3H2,1-2H3;3-4H,1-2H3,(H,7,8)(H,9,10);4H,3H2,1-2H3,(H2,6,7);5H,3-4,6H2,1-2H3;4H,3H2,1-2H3,(H,6,7);4H,3,5H2,1-2H3;4-5H,3H2,1-2H3/q;;+1;;;;;;;;/p+1. The van der Waals surface area contributed by atoms with Crippen LogP contribution >= 0.6 is 0 Å². The van der Waals surface area contributed by atoms with E-state index in [1.807, 2.05) is 75.1 Å². The zero-order valence-corrected chi connectivity index (χ0v) is 62.7. The highest BCUT2D eigenvalue weighted by Crippen LogP contribution is 2.17. The number of primary amides is 1. The number of hydrogen-bond acceptors (Lipinski definition) is 10. The minimum Gasteiger partial charge on any atom is -0.481 e. The molecule has 4 amide bonds. The second-order valence-corrected chi connectivity index (χ2v) is 25.0. The smallest absolute Gasteiger partial charge is 0.307 e. The zero-order valence-electron chi connectivity index (χ0n) is 62.7. The van der Waals surface area contributed by atoms with Crippen molar-refractivity contribution in [1.29, 1.82) is 0 Å². The van der Waals surface area contributed by atoms with E-state index in [-0.39, 0.29) is 23.8 Å². The van der Waals surface area contributed by atoms with Crippen molar-refractivity contribution in [2.24, 2.45) is 53.8 Å². The molecule has 3 aliphatic heterocycles. The van der Waals surface area contributed by atoms with Gasteiger partial charge in [-0.15, -0.1) is 0 Å². The second-order valence-electron chi connectivity index (χ2n) is 25.0. The number of aryl methyl sites for hydroxylation is 1. The zero-order chi connectivity index (χ0) is 72.6. The van der Waals surface area contributed by atoms with E-state index in [1.165, 1.54) is 52.4 Å². The lowest BCUT2D eigenvalue weighted by molar-refractivity contribution is -0.718. The lowest BCUT2D eigenvalue weighted by atomic mass is 9.97. The van der Waals surface area contributed by atoms with Gasteiger partial charge in [-0.25, -0.2) is 13.7 Å². The number of amides is 4. The molecule has 0 aromatic carbocycles. The van der Waals surface area contributed by atoms with E-state index in [4.69, 9.17) is 37.6 Å². The molecule has 21 nitrogen and oxygen atoms in total. The maximum atomic E-state index is 11.5. The van der Waals surface area contributed by atoms with Crippen LogP contribution in [0.1, 0.15) is 286 Å². The average Bonchev–Trinajstić information content (AvgIpc) is 2.51. The van der Waals surface area contributed by atoms with Crippen molar-refractivity contribution in [2.75, 3.05) is 26.2 Å². The predicted molar refractivity (Wildman–Crippen MR) is 376 cm³/mol. The van der Waals surface area contributed by atoms with Crippen molar-refractivity contribution in [3.05, 3.63) is 37.4 Å². The molecule has 0 aliphatic carbocycles. The Hall–Kier alpha value is -5.41. The summed E-state index contributed by atoms with van der Waals surface area (Å²) in [5.41, 5.74) is 15.5. The summed E-state index contributed by atoms with van der Waals surface area (Å²) < 4.78 is 6.45. The van der Waals surface area contributed by atoms with Crippen LogP contribution in [0, 0.1) is 29.6 Å². The number of nitrogens with zero attached hydrogens (tertiary/aromatic N) is 6. The van der Waals surface area contributed by atoms with E-state index in [0.717, 1.165) is 110 Å². The molecule has 12 atom stereocenters. The second kappa shape index (κ2) is 61.7. The molecule has 3 fully saturated rings. The number of rotatable bonds is 21. The molecule has 5 heterocycles. The molecule has 0 spiro atoms. The molecule has 0 saturated carbocycles. The van der Waals surface area contributed by atoms with Gasteiger partial charge in [0.1, 0.15) is 24.8 Å². The summed E-state index contributed by atoms with van der Waals surface area (Å²) in [7, 11) is 2.04. The largest absolute Gasteiger partial charge is 0.481 e. The fraction of sp³-hybridized carbons (Fsp3) is 0.817. The van der Waals surface area contributed by atoms with Gasteiger partial charge in [0.05, 0.1) is 43.0 Å². The van der Waals surface area contributed by atoms with E-state index >= 15 is 0 Å². The summed E-state index contributed by atoms with van der Waals surface area (Å²) in [5, 5.41) is 33.2. The third kappa shape index (κ3) is 53.0. The molecular weight excluding hydrogens is 1170 g/mol. The number of carboxylic acids is 3.